The van der Waals surface area contributed by atoms with Crippen LogP contribution < -0.4 is 5.32 Å². The van der Waals surface area contributed by atoms with Gasteiger partial charge in [-0.3, -0.25) is 19.6 Å². The minimum Gasteiger partial charge on any atom is -0.356 e. The fraction of sp³-hybridized carbons (Fsp3) is 0.308. The fourth-order valence-electron chi connectivity index (χ4n) is 4.52. The average molecular weight is 429 g/mol. The van der Waals surface area contributed by atoms with E-state index < -0.39 is 5.41 Å². The number of benzene rings is 1. The molecule has 3 aromatic rings. The topological polar surface area (TPSA) is 75.2 Å². The van der Waals surface area contributed by atoms with Crippen LogP contribution in [0.4, 0.5) is 0 Å². The molecule has 2 aromatic heterocycles. The smallest absolute Gasteiger partial charge is 0.255 e. The van der Waals surface area contributed by atoms with Crippen LogP contribution >= 0.6 is 0 Å². The van der Waals surface area contributed by atoms with Gasteiger partial charge < -0.3 is 10.2 Å². The van der Waals surface area contributed by atoms with Crippen molar-refractivity contribution in [1.29, 1.82) is 0 Å². The molecule has 0 spiro atoms. The molecule has 6 heteroatoms. The molecule has 0 aliphatic carbocycles. The predicted octanol–water partition coefficient (Wildman–Crippen LogP) is 3.74. The lowest BCUT2D eigenvalue weighted by Gasteiger charge is -2.42. The summed E-state index contributed by atoms with van der Waals surface area (Å²) in [5.74, 6) is -0.0638. The Morgan fingerprint density at radius 3 is 2.53 bits per heavy atom. The van der Waals surface area contributed by atoms with Gasteiger partial charge in [0.15, 0.2) is 0 Å². The van der Waals surface area contributed by atoms with Crippen molar-refractivity contribution in [2.75, 3.05) is 19.6 Å². The Hall–Kier alpha value is -3.54. The third kappa shape index (κ3) is 4.69. The van der Waals surface area contributed by atoms with Crippen LogP contribution in [0.2, 0.25) is 0 Å². The number of pyridine rings is 2. The molecule has 0 radical (unpaired) electrons. The molecule has 6 nitrogen and oxygen atoms in total. The Labute approximate surface area is 188 Å². The van der Waals surface area contributed by atoms with Gasteiger partial charge in [0.1, 0.15) is 0 Å². The highest BCUT2D eigenvalue weighted by Gasteiger charge is 2.43. The number of nitrogens with zero attached hydrogens (tertiary/aromatic N) is 3. The van der Waals surface area contributed by atoms with Crippen LogP contribution in [0.25, 0.3) is 11.1 Å². The van der Waals surface area contributed by atoms with Crippen LogP contribution in [0.1, 0.15) is 35.7 Å². The van der Waals surface area contributed by atoms with Gasteiger partial charge in [-0.05, 0) is 61.1 Å². The molecule has 0 saturated carbocycles. The molecule has 2 amide bonds. The molecule has 1 atom stereocenters. The van der Waals surface area contributed by atoms with E-state index in [1.165, 1.54) is 0 Å². The van der Waals surface area contributed by atoms with Gasteiger partial charge in [-0.2, -0.15) is 0 Å². The summed E-state index contributed by atoms with van der Waals surface area (Å²) in [5.41, 5.74) is 3.07. The van der Waals surface area contributed by atoms with Gasteiger partial charge in [-0.15, -0.1) is 0 Å². The van der Waals surface area contributed by atoms with Crippen LogP contribution in [-0.2, 0) is 11.2 Å². The largest absolute Gasteiger partial charge is 0.356 e. The molecule has 1 aliphatic rings. The first kappa shape index (κ1) is 21.7. The minimum absolute atomic E-state index is 0.00969. The molecule has 1 aliphatic heterocycles. The lowest BCUT2D eigenvalue weighted by Crippen LogP contribution is -2.54. The van der Waals surface area contributed by atoms with E-state index >= 15 is 0 Å². The van der Waals surface area contributed by atoms with Crippen molar-refractivity contribution >= 4 is 11.8 Å². The quantitative estimate of drug-likeness (QED) is 0.649. The standard InChI is InChI=1S/C26H28N4O2/c1-2-29-25(32)26(11-6-14-30(19-26)24(31)23-10-5-13-28-18-23)16-20-7-3-8-21(15-20)22-9-4-12-27-17-22/h3-5,7-10,12-13,15,17-18H,2,6,11,14,16,19H2,1H3,(H,29,32)/t26-/m1/s1. The maximum atomic E-state index is 13.3. The lowest BCUT2D eigenvalue weighted by atomic mass is 9.74. The number of nitrogens with one attached hydrogen (secondary N) is 1. The zero-order chi connectivity index (χ0) is 22.4. The van der Waals surface area contributed by atoms with Crippen molar-refractivity contribution in [1.82, 2.24) is 20.2 Å². The highest BCUT2D eigenvalue weighted by atomic mass is 16.2. The van der Waals surface area contributed by atoms with Crippen molar-refractivity contribution in [3.8, 4) is 11.1 Å². The third-order valence-electron chi connectivity index (χ3n) is 6.06. The van der Waals surface area contributed by atoms with Crippen molar-refractivity contribution in [2.45, 2.75) is 26.2 Å². The summed E-state index contributed by atoms with van der Waals surface area (Å²) in [7, 11) is 0. The molecule has 1 N–H and O–H groups in total. The molecule has 32 heavy (non-hydrogen) atoms. The van der Waals surface area contributed by atoms with Crippen LogP contribution in [0.3, 0.4) is 0 Å². The highest BCUT2D eigenvalue weighted by Crippen LogP contribution is 2.35. The van der Waals surface area contributed by atoms with E-state index in [2.05, 4.69) is 33.5 Å². The van der Waals surface area contributed by atoms with Crippen molar-refractivity contribution in [3.05, 3.63) is 84.4 Å². The van der Waals surface area contributed by atoms with Gasteiger partial charge >= 0.3 is 0 Å². The maximum Gasteiger partial charge on any atom is 0.255 e. The second kappa shape index (κ2) is 9.73. The molecule has 164 valence electrons. The number of amides is 2. The average Bonchev–Trinajstić information content (AvgIpc) is 2.85. The van der Waals surface area contributed by atoms with Crippen LogP contribution in [-0.4, -0.2) is 46.3 Å². The zero-order valence-corrected chi connectivity index (χ0v) is 18.3. The van der Waals surface area contributed by atoms with Crippen molar-refractivity contribution < 1.29 is 9.59 Å². The fourth-order valence-corrected chi connectivity index (χ4v) is 4.52. The summed E-state index contributed by atoms with van der Waals surface area (Å²) in [6.45, 7) is 3.52. The Bertz CT molecular complexity index is 1070. The van der Waals surface area contributed by atoms with Gasteiger partial charge in [0.05, 0.1) is 11.0 Å². The van der Waals surface area contributed by atoms with Crippen molar-refractivity contribution in [2.24, 2.45) is 5.41 Å². The first-order valence-electron chi connectivity index (χ1n) is 11.1. The third-order valence-corrected chi connectivity index (χ3v) is 6.06. The molecule has 4 rings (SSSR count). The number of hydrogen-bond acceptors (Lipinski definition) is 4. The summed E-state index contributed by atoms with van der Waals surface area (Å²) in [5, 5.41) is 3.02. The van der Waals surface area contributed by atoms with Gasteiger partial charge in [-0.25, -0.2) is 0 Å². The number of carbonyl (C=O) groups is 2. The molecule has 1 aromatic carbocycles. The van der Waals surface area contributed by atoms with Gasteiger partial charge in [0, 0.05) is 44.4 Å². The molecular weight excluding hydrogens is 400 g/mol. The van der Waals surface area contributed by atoms with E-state index in [1.807, 2.05) is 31.3 Å². The lowest BCUT2D eigenvalue weighted by molar-refractivity contribution is -0.133. The minimum atomic E-state index is -0.667. The summed E-state index contributed by atoms with van der Waals surface area (Å²) >= 11 is 0. The number of aromatic nitrogens is 2. The molecule has 3 heterocycles. The van der Waals surface area contributed by atoms with E-state index in [1.54, 1.807) is 35.6 Å². The van der Waals surface area contributed by atoms with E-state index in [0.717, 1.165) is 29.5 Å². The normalized spacial score (nSPS) is 18.2. The number of hydrogen-bond donors (Lipinski definition) is 1. The predicted molar refractivity (Wildman–Crippen MR) is 124 cm³/mol. The van der Waals surface area contributed by atoms with Crippen molar-refractivity contribution in [3.63, 3.8) is 0 Å². The number of piperidine rings is 1. The van der Waals surface area contributed by atoms with Gasteiger partial charge in [0.25, 0.3) is 5.91 Å². The number of carbonyl (C=O) groups excluding carboxylic acids is 2. The number of likely N-dealkylation sites (tertiary alicyclic amines) is 1. The SMILES string of the molecule is CCNC(=O)[C@@]1(Cc2cccc(-c3cccnc3)c2)CCCN(C(=O)c2cccnc2)C1. The summed E-state index contributed by atoms with van der Waals surface area (Å²) in [6, 6.07) is 15.7. The Balaban J connectivity index is 1.62. The summed E-state index contributed by atoms with van der Waals surface area (Å²) in [4.78, 5) is 36.5. The summed E-state index contributed by atoms with van der Waals surface area (Å²) < 4.78 is 0. The molecule has 1 saturated heterocycles. The van der Waals surface area contributed by atoms with Crippen LogP contribution in [0.5, 0.6) is 0 Å². The van der Waals surface area contributed by atoms with E-state index in [0.29, 0.717) is 31.6 Å². The second-order valence-electron chi connectivity index (χ2n) is 8.33. The first-order chi connectivity index (χ1) is 15.6. The summed E-state index contributed by atoms with van der Waals surface area (Å²) in [6.07, 6.45) is 8.94. The molecule has 1 fully saturated rings. The van der Waals surface area contributed by atoms with E-state index in [4.69, 9.17) is 0 Å². The first-order valence-corrected chi connectivity index (χ1v) is 11.1. The maximum absolute atomic E-state index is 13.3. The van der Waals surface area contributed by atoms with E-state index in [9.17, 15) is 9.59 Å². The Kier molecular flexibility index (Phi) is 6.59. The monoisotopic (exact) mass is 428 g/mol. The van der Waals surface area contributed by atoms with Crippen LogP contribution in [0.15, 0.2) is 73.3 Å². The second-order valence-corrected chi connectivity index (χ2v) is 8.33. The van der Waals surface area contributed by atoms with E-state index in [-0.39, 0.29) is 11.8 Å². The molecular formula is C26H28N4O2. The van der Waals surface area contributed by atoms with Gasteiger partial charge in [-0.1, -0.05) is 30.3 Å². The van der Waals surface area contributed by atoms with Gasteiger partial charge in [0.2, 0.25) is 5.91 Å². The Morgan fingerprint density at radius 1 is 1.03 bits per heavy atom. The Morgan fingerprint density at radius 2 is 1.81 bits per heavy atom. The van der Waals surface area contributed by atoms with Crippen LogP contribution in [0, 0.1) is 5.41 Å². The molecule has 0 unspecified atom stereocenters. The zero-order valence-electron chi connectivity index (χ0n) is 18.3. The molecule has 0 bridgehead atoms. The highest BCUT2D eigenvalue weighted by molar-refractivity contribution is 5.94. The number of rotatable bonds is 6.